The molecule has 0 N–H and O–H groups in total. The van der Waals surface area contributed by atoms with Crippen LogP contribution in [0.4, 0.5) is 11.5 Å². The molecule has 0 aliphatic heterocycles. The maximum absolute atomic E-state index is 12.5. The third-order valence-electron chi connectivity index (χ3n) is 3.96. The molecule has 126 valence electrons. The van der Waals surface area contributed by atoms with Gasteiger partial charge >= 0.3 is 11.7 Å². The molecule has 0 aromatic carbocycles. The summed E-state index contributed by atoms with van der Waals surface area (Å²) in [6.07, 6.45) is 3.03. The highest BCUT2D eigenvalue weighted by molar-refractivity contribution is 6.28. The fourth-order valence-corrected chi connectivity index (χ4v) is 3.04. The van der Waals surface area contributed by atoms with E-state index in [2.05, 4.69) is 9.97 Å². The lowest BCUT2D eigenvalue weighted by molar-refractivity contribution is -0.384. The zero-order chi connectivity index (χ0) is 17.2. The van der Waals surface area contributed by atoms with Crippen molar-refractivity contribution in [3.8, 4) is 0 Å². The molecular weight excluding hydrogens is 324 g/mol. The van der Waals surface area contributed by atoms with E-state index in [1.807, 2.05) is 13.8 Å². The van der Waals surface area contributed by atoms with Crippen LogP contribution in [0.2, 0.25) is 5.28 Å². The second kappa shape index (κ2) is 6.66. The first-order valence-electron chi connectivity index (χ1n) is 7.47. The van der Waals surface area contributed by atoms with Crippen molar-refractivity contribution in [1.29, 1.82) is 0 Å². The average Bonchev–Trinajstić information content (AvgIpc) is 2.41. The zero-order valence-electron chi connectivity index (χ0n) is 13.3. The SMILES string of the molecule is CCOC(=O)C1(N(c2nc(Cl)ncc2[N+](=O)[O-])C(C)C)CCC1. The molecule has 2 rings (SSSR count). The molecule has 1 aliphatic rings. The number of esters is 1. The minimum absolute atomic E-state index is 0.0535. The van der Waals surface area contributed by atoms with Crippen LogP contribution < -0.4 is 4.90 Å². The van der Waals surface area contributed by atoms with Crippen molar-refractivity contribution in [2.24, 2.45) is 0 Å². The number of carbonyl (C=O) groups excluding carboxylic acids is 1. The van der Waals surface area contributed by atoms with Gasteiger partial charge in [0, 0.05) is 6.04 Å². The van der Waals surface area contributed by atoms with Crippen molar-refractivity contribution in [3.05, 3.63) is 21.6 Å². The van der Waals surface area contributed by atoms with Crippen molar-refractivity contribution in [1.82, 2.24) is 9.97 Å². The molecule has 1 aromatic heterocycles. The van der Waals surface area contributed by atoms with Crippen LogP contribution in [0.1, 0.15) is 40.0 Å². The van der Waals surface area contributed by atoms with Crippen molar-refractivity contribution in [2.45, 2.75) is 51.6 Å². The maximum atomic E-state index is 12.5. The number of halogens is 1. The van der Waals surface area contributed by atoms with E-state index in [1.165, 1.54) is 0 Å². The summed E-state index contributed by atoms with van der Waals surface area (Å²) in [6.45, 7) is 5.67. The van der Waals surface area contributed by atoms with E-state index in [0.717, 1.165) is 12.6 Å². The molecule has 0 saturated heterocycles. The molecule has 1 heterocycles. The summed E-state index contributed by atoms with van der Waals surface area (Å²) in [6, 6.07) is -0.204. The highest BCUT2D eigenvalue weighted by atomic mass is 35.5. The molecule has 0 bridgehead atoms. The van der Waals surface area contributed by atoms with Crippen molar-refractivity contribution in [3.63, 3.8) is 0 Å². The molecule has 0 spiro atoms. The molecule has 0 unspecified atom stereocenters. The number of aromatic nitrogens is 2. The Morgan fingerprint density at radius 1 is 1.57 bits per heavy atom. The standard InChI is InChI=1S/C14H19ClN4O4/c1-4-23-12(20)14(6-5-7-14)18(9(2)3)11-10(19(21)22)8-16-13(15)17-11/h8-9H,4-7H2,1-3H3. The highest BCUT2D eigenvalue weighted by Gasteiger charge is 2.53. The smallest absolute Gasteiger partial charge is 0.332 e. The molecule has 1 saturated carbocycles. The number of carbonyl (C=O) groups is 1. The third kappa shape index (κ3) is 3.08. The lowest BCUT2D eigenvalue weighted by Crippen LogP contribution is -2.63. The normalized spacial score (nSPS) is 15.9. The minimum atomic E-state index is -0.938. The molecule has 0 atom stereocenters. The lowest BCUT2D eigenvalue weighted by atomic mass is 9.74. The number of hydrogen-bond donors (Lipinski definition) is 0. The van der Waals surface area contributed by atoms with Crippen LogP contribution in [0.3, 0.4) is 0 Å². The number of nitrogens with zero attached hydrogens (tertiary/aromatic N) is 4. The van der Waals surface area contributed by atoms with Crippen LogP contribution in [0.25, 0.3) is 0 Å². The van der Waals surface area contributed by atoms with Crippen LogP contribution in [-0.2, 0) is 9.53 Å². The summed E-state index contributed by atoms with van der Waals surface area (Å²) < 4.78 is 5.21. The Balaban J connectivity index is 2.57. The second-order valence-corrected chi connectivity index (χ2v) is 6.01. The fourth-order valence-electron chi connectivity index (χ4n) is 2.91. The Bertz CT molecular complexity index is 619. The van der Waals surface area contributed by atoms with E-state index >= 15 is 0 Å². The van der Waals surface area contributed by atoms with Crippen LogP contribution in [0.15, 0.2) is 6.20 Å². The third-order valence-corrected chi connectivity index (χ3v) is 4.14. The summed E-state index contributed by atoms with van der Waals surface area (Å²) in [7, 11) is 0. The predicted octanol–water partition coefficient (Wildman–Crippen LogP) is 2.74. The Kier molecular flexibility index (Phi) is 5.03. The van der Waals surface area contributed by atoms with E-state index in [1.54, 1.807) is 11.8 Å². The first-order chi connectivity index (χ1) is 10.8. The van der Waals surface area contributed by atoms with Crippen molar-refractivity contribution >= 4 is 29.1 Å². The summed E-state index contributed by atoms with van der Waals surface area (Å²) in [5.74, 6) is -0.332. The summed E-state index contributed by atoms with van der Waals surface area (Å²) >= 11 is 5.83. The van der Waals surface area contributed by atoms with E-state index in [-0.39, 0.29) is 35.4 Å². The first kappa shape index (κ1) is 17.4. The Morgan fingerprint density at radius 3 is 2.65 bits per heavy atom. The number of ether oxygens (including phenoxy) is 1. The molecule has 1 aromatic rings. The largest absolute Gasteiger partial charge is 0.464 e. The number of hydrogen-bond acceptors (Lipinski definition) is 7. The van der Waals surface area contributed by atoms with Gasteiger partial charge in [0.05, 0.1) is 11.5 Å². The van der Waals surface area contributed by atoms with E-state index in [9.17, 15) is 14.9 Å². The van der Waals surface area contributed by atoms with Gasteiger partial charge in [-0.25, -0.2) is 9.78 Å². The van der Waals surface area contributed by atoms with Gasteiger partial charge in [-0.3, -0.25) is 10.1 Å². The van der Waals surface area contributed by atoms with Crippen LogP contribution in [0, 0.1) is 10.1 Å². The summed E-state index contributed by atoms with van der Waals surface area (Å²) in [5.41, 5.74) is -1.22. The van der Waals surface area contributed by atoms with Crippen LogP contribution in [-0.4, -0.2) is 39.0 Å². The van der Waals surface area contributed by atoms with Gasteiger partial charge < -0.3 is 9.64 Å². The number of nitro groups is 1. The monoisotopic (exact) mass is 342 g/mol. The summed E-state index contributed by atoms with van der Waals surface area (Å²) in [5, 5.41) is 11.2. The number of anilines is 1. The van der Waals surface area contributed by atoms with Gasteiger partial charge in [-0.15, -0.1) is 0 Å². The predicted molar refractivity (Wildman–Crippen MR) is 84.5 cm³/mol. The highest BCUT2D eigenvalue weighted by Crippen LogP contribution is 2.44. The second-order valence-electron chi connectivity index (χ2n) is 5.67. The maximum Gasteiger partial charge on any atom is 0.332 e. The molecule has 1 fully saturated rings. The average molecular weight is 343 g/mol. The van der Waals surface area contributed by atoms with Gasteiger partial charge in [0.25, 0.3) is 0 Å². The zero-order valence-corrected chi connectivity index (χ0v) is 14.0. The molecule has 1 aliphatic carbocycles. The van der Waals surface area contributed by atoms with Crippen LogP contribution >= 0.6 is 11.6 Å². The quantitative estimate of drug-likeness (QED) is 0.339. The van der Waals surface area contributed by atoms with Crippen molar-refractivity contribution in [2.75, 3.05) is 11.5 Å². The van der Waals surface area contributed by atoms with Gasteiger partial charge in [0.15, 0.2) is 0 Å². The van der Waals surface area contributed by atoms with Gasteiger partial charge in [-0.05, 0) is 51.6 Å². The Hall–Kier alpha value is -1.96. The Labute approximate surface area is 139 Å². The first-order valence-corrected chi connectivity index (χ1v) is 7.84. The van der Waals surface area contributed by atoms with Gasteiger partial charge in [-0.2, -0.15) is 4.98 Å². The van der Waals surface area contributed by atoms with Gasteiger partial charge in [-0.1, -0.05) is 0 Å². The van der Waals surface area contributed by atoms with E-state index in [0.29, 0.717) is 12.8 Å². The molecule has 9 heteroatoms. The fraction of sp³-hybridized carbons (Fsp3) is 0.643. The molecular formula is C14H19ClN4O4. The molecule has 0 radical (unpaired) electrons. The topological polar surface area (TPSA) is 98.5 Å². The van der Waals surface area contributed by atoms with Crippen LogP contribution in [0.5, 0.6) is 0 Å². The van der Waals surface area contributed by atoms with E-state index in [4.69, 9.17) is 16.3 Å². The van der Waals surface area contributed by atoms with E-state index < -0.39 is 10.5 Å². The molecule has 8 nitrogen and oxygen atoms in total. The molecule has 0 amide bonds. The Morgan fingerprint density at radius 2 is 2.22 bits per heavy atom. The summed E-state index contributed by atoms with van der Waals surface area (Å²) in [4.78, 5) is 32.7. The minimum Gasteiger partial charge on any atom is -0.464 e. The number of rotatable bonds is 6. The van der Waals surface area contributed by atoms with Crippen molar-refractivity contribution < 1.29 is 14.5 Å². The van der Waals surface area contributed by atoms with Gasteiger partial charge in [0.2, 0.25) is 11.1 Å². The molecule has 23 heavy (non-hydrogen) atoms. The lowest BCUT2D eigenvalue weighted by Gasteiger charge is -2.49. The van der Waals surface area contributed by atoms with Gasteiger partial charge in [0.1, 0.15) is 11.7 Å².